The van der Waals surface area contributed by atoms with Gasteiger partial charge in [0.05, 0.1) is 12.0 Å². The summed E-state index contributed by atoms with van der Waals surface area (Å²) >= 11 is 0. The number of rotatable bonds is 5. The van der Waals surface area contributed by atoms with Crippen molar-refractivity contribution in [1.82, 2.24) is 0 Å². The van der Waals surface area contributed by atoms with E-state index in [1.165, 1.54) is 13.2 Å². The summed E-state index contributed by atoms with van der Waals surface area (Å²) in [7, 11) is 1.30. The summed E-state index contributed by atoms with van der Waals surface area (Å²) in [5.41, 5.74) is -1.04. The van der Waals surface area contributed by atoms with E-state index in [1.807, 2.05) is 0 Å². The lowest BCUT2D eigenvalue weighted by Gasteiger charge is -2.07. The first-order chi connectivity index (χ1) is 8.34. The van der Waals surface area contributed by atoms with Gasteiger partial charge in [-0.25, -0.2) is 0 Å². The van der Waals surface area contributed by atoms with Gasteiger partial charge >= 0.3 is 6.18 Å². The molecule has 0 saturated heterocycles. The van der Waals surface area contributed by atoms with Crippen molar-refractivity contribution in [2.75, 3.05) is 13.7 Å². The first-order valence-electron chi connectivity index (χ1n) is 5.05. The second-order valence-corrected chi connectivity index (χ2v) is 3.65. The smallest absolute Gasteiger partial charge is 0.377 e. The average Bonchev–Trinajstić information content (AvgIpc) is 2.28. The highest BCUT2D eigenvalue weighted by Crippen LogP contribution is 2.29. The molecule has 1 aromatic carbocycles. The van der Waals surface area contributed by atoms with Gasteiger partial charge < -0.3 is 4.74 Å². The van der Waals surface area contributed by atoms with Crippen LogP contribution >= 0.6 is 0 Å². The normalized spacial score (nSPS) is 11.3. The molecule has 18 heavy (non-hydrogen) atoms. The number of hydrogen-bond donors (Lipinski definition) is 0. The van der Waals surface area contributed by atoms with E-state index >= 15 is 0 Å². The summed E-state index contributed by atoms with van der Waals surface area (Å²) < 4.78 is 41.8. The summed E-state index contributed by atoms with van der Waals surface area (Å²) in [5.74, 6) is -1.12. The second kappa shape index (κ2) is 5.77. The Morgan fingerprint density at radius 3 is 2.50 bits per heavy atom. The fourth-order valence-electron chi connectivity index (χ4n) is 1.36. The molecule has 0 radical (unpaired) electrons. The third-order valence-electron chi connectivity index (χ3n) is 2.17. The predicted molar refractivity (Wildman–Crippen MR) is 57.3 cm³/mol. The Hall–Kier alpha value is -1.69. The largest absolute Gasteiger partial charge is 0.416 e. The van der Waals surface area contributed by atoms with Crippen molar-refractivity contribution >= 4 is 11.6 Å². The van der Waals surface area contributed by atoms with Crippen LogP contribution in [-0.2, 0) is 15.7 Å². The number of alkyl halides is 3. The third-order valence-corrected chi connectivity index (χ3v) is 2.17. The second-order valence-electron chi connectivity index (χ2n) is 3.65. The molecule has 3 nitrogen and oxygen atoms in total. The highest BCUT2D eigenvalue weighted by molar-refractivity contribution is 6.08. The summed E-state index contributed by atoms with van der Waals surface area (Å²) in [4.78, 5) is 22.7. The van der Waals surface area contributed by atoms with Gasteiger partial charge in [0.2, 0.25) is 0 Å². The molecule has 0 amide bonds. The molecule has 0 fully saturated rings. The van der Waals surface area contributed by atoms with Gasteiger partial charge in [-0.05, 0) is 12.1 Å². The SMILES string of the molecule is COCC(=O)CC(=O)c1cccc(C(F)(F)F)c1. The number of benzene rings is 1. The molecule has 0 heterocycles. The number of Topliss-reactive ketones (excluding diaryl/α,β-unsaturated/α-hetero) is 2. The Balaban J connectivity index is 2.84. The van der Waals surface area contributed by atoms with Crippen LogP contribution in [0.4, 0.5) is 13.2 Å². The van der Waals surface area contributed by atoms with Gasteiger partial charge in [0, 0.05) is 12.7 Å². The van der Waals surface area contributed by atoms with Crippen LogP contribution in [0, 0.1) is 0 Å². The lowest BCUT2D eigenvalue weighted by Crippen LogP contribution is -2.14. The van der Waals surface area contributed by atoms with Crippen LogP contribution in [0.1, 0.15) is 22.3 Å². The molecule has 1 rings (SSSR count). The molecular formula is C12H11F3O3. The Morgan fingerprint density at radius 1 is 1.28 bits per heavy atom. The molecule has 6 heteroatoms. The lowest BCUT2D eigenvalue weighted by molar-refractivity contribution is -0.137. The monoisotopic (exact) mass is 260 g/mol. The van der Waals surface area contributed by atoms with Gasteiger partial charge in [-0.3, -0.25) is 9.59 Å². The highest BCUT2D eigenvalue weighted by Gasteiger charge is 2.30. The third kappa shape index (κ3) is 3.96. The van der Waals surface area contributed by atoms with E-state index in [2.05, 4.69) is 4.74 Å². The van der Waals surface area contributed by atoms with Crippen LogP contribution < -0.4 is 0 Å². The minimum atomic E-state index is -4.51. The van der Waals surface area contributed by atoms with Crippen molar-refractivity contribution in [3.63, 3.8) is 0 Å². The number of hydrogen-bond acceptors (Lipinski definition) is 3. The number of carbonyl (C=O) groups is 2. The number of ether oxygens (including phenoxy) is 1. The summed E-state index contributed by atoms with van der Waals surface area (Å²) in [5, 5.41) is 0. The molecule has 0 aromatic heterocycles. The van der Waals surface area contributed by atoms with Crippen LogP contribution in [0.5, 0.6) is 0 Å². The molecule has 0 N–H and O–H groups in total. The zero-order valence-corrected chi connectivity index (χ0v) is 9.58. The lowest BCUT2D eigenvalue weighted by atomic mass is 10.0. The number of halogens is 3. The molecule has 0 spiro atoms. The van der Waals surface area contributed by atoms with Crippen molar-refractivity contribution in [2.24, 2.45) is 0 Å². The standard InChI is InChI=1S/C12H11F3O3/c1-18-7-10(16)6-11(17)8-3-2-4-9(5-8)12(13,14)15/h2-5H,6-7H2,1H3. The van der Waals surface area contributed by atoms with Crippen molar-refractivity contribution < 1.29 is 27.5 Å². The maximum atomic E-state index is 12.4. The van der Waals surface area contributed by atoms with E-state index in [9.17, 15) is 22.8 Å². The van der Waals surface area contributed by atoms with Crippen molar-refractivity contribution in [2.45, 2.75) is 12.6 Å². The summed E-state index contributed by atoms with van der Waals surface area (Å²) in [6.07, 6.45) is -4.97. The molecule has 0 aliphatic heterocycles. The molecule has 0 aliphatic rings. The molecule has 0 saturated carbocycles. The molecule has 98 valence electrons. The molecule has 1 aromatic rings. The van der Waals surface area contributed by atoms with Crippen molar-refractivity contribution in [3.8, 4) is 0 Å². The fourth-order valence-corrected chi connectivity index (χ4v) is 1.36. The predicted octanol–water partition coefficient (Wildman–Crippen LogP) is 2.49. The van der Waals surface area contributed by atoms with E-state index in [0.717, 1.165) is 18.2 Å². The van der Waals surface area contributed by atoms with Crippen LogP contribution in [0.3, 0.4) is 0 Å². The van der Waals surface area contributed by atoms with Gasteiger partial charge in [-0.1, -0.05) is 12.1 Å². The van der Waals surface area contributed by atoms with E-state index in [-0.39, 0.29) is 12.2 Å². The maximum Gasteiger partial charge on any atom is 0.416 e. The van der Waals surface area contributed by atoms with Crippen LogP contribution in [0.2, 0.25) is 0 Å². The van der Waals surface area contributed by atoms with E-state index in [1.54, 1.807) is 0 Å². The molecule has 0 bridgehead atoms. The highest BCUT2D eigenvalue weighted by atomic mass is 19.4. The topological polar surface area (TPSA) is 43.4 Å². The quantitative estimate of drug-likeness (QED) is 0.603. The zero-order valence-electron chi connectivity index (χ0n) is 9.58. The molecule has 0 unspecified atom stereocenters. The molecule has 0 atom stereocenters. The Kier molecular flexibility index (Phi) is 4.61. The van der Waals surface area contributed by atoms with Gasteiger partial charge in [-0.2, -0.15) is 13.2 Å². The maximum absolute atomic E-state index is 12.4. The average molecular weight is 260 g/mol. The van der Waals surface area contributed by atoms with E-state index in [4.69, 9.17) is 0 Å². The van der Waals surface area contributed by atoms with Crippen LogP contribution in [0.25, 0.3) is 0 Å². The Bertz CT molecular complexity index is 452. The summed E-state index contributed by atoms with van der Waals surface area (Å²) in [6.45, 7) is -0.231. The first-order valence-corrected chi connectivity index (χ1v) is 5.05. The minimum absolute atomic E-state index is 0.130. The fraction of sp³-hybridized carbons (Fsp3) is 0.333. The van der Waals surface area contributed by atoms with Gasteiger partial charge in [-0.15, -0.1) is 0 Å². The van der Waals surface area contributed by atoms with Gasteiger partial charge in [0.15, 0.2) is 11.6 Å². The number of ketones is 2. The Labute approximate surface area is 102 Å². The van der Waals surface area contributed by atoms with Gasteiger partial charge in [0.25, 0.3) is 0 Å². The number of carbonyl (C=O) groups excluding carboxylic acids is 2. The van der Waals surface area contributed by atoms with Crippen LogP contribution in [0.15, 0.2) is 24.3 Å². The van der Waals surface area contributed by atoms with Crippen LogP contribution in [-0.4, -0.2) is 25.3 Å². The zero-order chi connectivity index (χ0) is 13.8. The summed E-state index contributed by atoms with van der Waals surface area (Å²) in [6, 6.07) is 3.99. The minimum Gasteiger partial charge on any atom is -0.377 e. The van der Waals surface area contributed by atoms with Crippen molar-refractivity contribution in [3.05, 3.63) is 35.4 Å². The van der Waals surface area contributed by atoms with Gasteiger partial charge in [0.1, 0.15) is 6.61 Å². The Morgan fingerprint density at radius 2 is 1.94 bits per heavy atom. The molecular weight excluding hydrogens is 249 g/mol. The van der Waals surface area contributed by atoms with E-state index in [0.29, 0.717) is 0 Å². The number of methoxy groups -OCH3 is 1. The molecule has 0 aliphatic carbocycles. The van der Waals surface area contributed by atoms with Crippen molar-refractivity contribution in [1.29, 1.82) is 0 Å². The first kappa shape index (κ1) is 14.4. The van der Waals surface area contributed by atoms with E-state index < -0.39 is 29.7 Å².